The Hall–Kier alpha value is -6.00. The van der Waals surface area contributed by atoms with Crippen LogP contribution in [0.15, 0.2) is 166 Å². The average Bonchev–Trinajstić information content (AvgIpc) is 3.50. The Bertz CT molecular complexity index is 2460. The Labute approximate surface area is 260 Å². The largest absolute Gasteiger partial charge is 0.456 e. The van der Waals surface area contributed by atoms with Crippen LogP contribution < -0.4 is 5.32 Å². The van der Waals surface area contributed by atoms with Crippen LogP contribution >= 0.6 is 0 Å². The first-order chi connectivity index (χ1) is 22.3. The van der Waals surface area contributed by atoms with Gasteiger partial charge in [0.1, 0.15) is 22.8 Å². The zero-order valence-electron chi connectivity index (χ0n) is 24.3. The van der Waals surface area contributed by atoms with Crippen molar-refractivity contribution in [2.24, 2.45) is 9.98 Å². The zero-order chi connectivity index (χ0) is 29.7. The number of fused-ring (bicyclic) bond motifs is 6. The van der Waals surface area contributed by atoms with Gasteiger partial charge in [-0.05, 0) is 62.5 Å². The Morgan fingerprint density at radius 2 is 1.20 bits per heavy atom. The van der Waals surface area contributed by atoms with Gasteiger partial charge in [-0.25, -0.2) is 9.98 Å². The Balaban J connectivity index is 1.22. The summed E-state index contributed by atoms with van der Waals surface area (Å²) in [6.07, 6.45) is -0.416. The van der Waals surface area contributed by atoms with Gasteiger partial charge in [0.25, 0.3) is 0 Å². The van der Waals surface area contributed by atoms with Crippen molar-refractivity contribution in [1.82, 2.24) is 5.32 Å². The van der Waals surface area contributed by atoms with Crippen LogP contribution in [0.3, 0.4) is 0 Å². The van der Waals surface area contributed by atoms with Crippen molar-refractivity contribution in [2.45, 2.75) is 6.17 Å². The van der Waals surface area contributed by atoms with Crippen molar-refractivity contribution in [2.75, 3.05) is 0 Å². The summed E-state index contributed by atoms with van der Waals surface area (Å²) in [7, 11) is 0. The molecule has 0 saturated carbocycles. The lowest BCUT2D eigenvalue weighted by Crippen LogP contribution is -2.36. The lowest BCUT2D eigenvalue weighted by molar-refractivity contribution is 0.669. The van der Waals surface area contributed by atoms with Crippen molar-refractivity contribution in [3.8, 4) is 11.1 Å². The second-order valence-corrected chi connectivity index (χ2v) is 11.4. The number of amidine groups is 2. The van der Waals surface area contributed by atoms with Crippen LogP contribution in [0.2, 0.25) is 0 Å². The third-order valence-corrected chi connectivity index (χ3v) is 8.71. The summed E-state index contributed by atoms with van der Waals surface area (Å²) < 4.78 is 6.37. The highest BCUT2D eigenvalue weighted by Crippen LogP contribution is 2.36. The van der Waals surface area contributed by atoms with E-state index in [0.717, 1.165) is 55.9 Å². The monoisotopic (exact) mass is 577 g/mol. The summed E-state index contributed by atoms with van der Waals surface area (Å²) in [4.78, 5) is 10.4. The van der Waals surface area contributed by atoms with E-state index in [4.69, 9.17) is 14.4 Å². The van der Waals surface area contributed by atoms with Crippen molar-refractivity contribution < 1.29 is 4.42 Å². The van der Waals surface area contributed by atoms with E-state index in [1.54, 1.807) is 0 Å². The molecule has 0 saturated heterocycles. The van der Waals surface area contributed by atoms with Crippen molar-refractivity contribution >= 4 is 55.2 Å². The molecule has 7 aromatic carbocycles. The minimum Gasteiger partial charge on any atom is -0.456 e. The highest BCUT2D eigenvalue weighted by Gasteiger charge is 2.24. The highest BCUT2D eigenvalue weighted by atomic mass is 16.3. The molecule has 45 heavy (non-hydrogen) atoms. The number of furan rings is 1. The van der Waals surface area contributed by atoms with Gasteiger partial charge in [-0.2, -0.15) is 0 Å². The number of aliphatic imine (C=N–C) groups is 2. The van der Waals surface area contributed by atoms with Gasteiger partial charge >= 0.3 is 0 Å². The van der Waals surface area contributed by atoms with Crippen LogP contribution in [0.4, 0.5) is 0 Å². The third-order valence-electron chi connectivity index (χ3n) is 8.71. The molecule has 2 heterocycles. The van der Waals surface area contributed by atoms with Crippen LogP contribution in [0.1, 0.15) is 22.9 Å². The molecule has 1 atom stereocenters. The van der Waals surface area contributed by atoms with Gasteiger partial charge in [0.05, 0.1) is 0 Å². The van der Waals surface area contributed by atoms with E-state index in [-0.39, 0.29) is 0 Å². The lowest BCUT2D eigenvalue weighted by atomic mass is 9.99. The smallest absolute Gasteiger partial charge is 0.169 e. The maximum Gasteiger partial charge on any atom is 0.169 e. The zero-order valence-corrected chi connectivity index (χ0v) is 24.3. The molecule has 0 bridgehead atoms. The number of hydrogen-bond donors (Lipinski definition) is 1. The molecule has 8 aromatic rings. The number of benzene rings is 7. The molecule has 0 amide bonds. The highest BCUT2D eigenvalue weighted by molar-refractivity contribution is 6.23. The molecule has 0 spiro atoms. The molecule has 1 N–H and O–H groups in total. The Morgan fingerprint density at radius 1 is 0.467 bits per heavy atom. The quantitative estimate of drug-likeness (QED) is 0.212. The molecule has 1 unspecified atom stereocenters. The van der Waals surface area contributed by atoms with Gasteiger partial charge in [-0.3, -0.25) is 0 Å². The molecule has 1 aliphatic heterocycles. The van der Waals surface area contributed by atoms with Gasteiger partial charge in [-0.1, -0.05) is 127 Å². The first kappa shape index (κ1) is 25.5. The number of nitrogens with zero attached hydrogens (tertiary/aromatic N) is 2. The summed E-state index contributed by atoms with van der Waals surface area (Å²) in [6, 6.07) is 52.8. The molecule has 0 aliphatic carbocycles. The molecule has 212 valence electrons. The van der Waals surface area contributed by atoms with Crippen LogP contribution in [0.25, 0.3) is 54.6 Å². The van der Waals surface area contributed by atoms with Crippen LogP contribution in [-0.4, -0.2) is 11.7 Å². The summed E-state index contributed by atoms with van der Waals surface area (Å²) in [6.45, 7) is 0. The predicted molar refractivity (Wildman–Crippen MR) is 186 cm³/mol. The molecular formula is C41H27N3O. The standard InChI is InChI=1S/C41H27N3O/c1-3-10-26(11-4-1)29-21-23-36-35(25-29)38-34(16-9-17-37(38)45-36)41-43-39(28-13-5-2-6-14-28)42-40(44-41)31-20-22-33-30(24-31)19-18-27-12-7-8-15-32(27)33/h1-25,40H,(H,42,43,44). The molecule has 1 aromatic heterocycles. The van der Waals surface area contributed by atoms with E-state index in [9.17, 15) is 0 Å². The summed E-state index contributed by atoms with van der Waals surface area (Å²) in [5.41, 5.74) is 7.03. The van der Waals surface area contributed by atoms with E-state index in [1.807, 2.05) is 36.4 Å². The van der Waals surface area contributed by atoms with E-state index >= 15 is 0 Å². The predicted octanol–water partition coefficient (Wildman–Crippen LogP) is 10.1. The molecule has 4 nitrogen and oxygen atoms in total. The topological polar surface area (TPSA) is 49.9 Å². The van der Waals surface area contributed by atoms with Crippen molar-refractivity contribution in [1.29, 1.82) is 0 Å². The third kappa shape index (κ3) is 4.38. The van der Waals surface area contributed by atoms with Crippen LogP contribution in [0.5, 0.6) is 0 Å². The molecule has 0 radical (unpaired) electrons. The fourth-order valence-corrected chi connectivity index (χ4v) is 6.51. The summed E-state index contributed by atoms with van der Waals surface area (Å²) in [5, 5.41) is 10.6. The van der Waals surface area contributed by atoms with Gasteiger partial charge in [0.2, 0.25) is 0 Å². The minimum absolute atomic E-state index is 0.416. The fraction of sp³-hybridized carbons (Fsp3) is 0.0244. The molecule has 9 rings (SSSR count). The normalized spacial score (nSPS) is 14.9. The van der Waals surface area contributed by atoms with Crippen LogP contribution in [0, 0.1) is 0 Å². The van der Waals surface area contributed by atoms with E-state index in [2.05, 4.69) is 121 Å². The van der Waals surface area contributed by atoms with E-state index in [0.29, 0.717) is 0 Å². The second-order valence-electron chi connectivity index (χ2n) is 11.4. The Morgan fingerprint density at radius 3 is 2.07 bits per heavy atom. The van der Waals surface area contributed by atoms with Crippen molar-refractivity contribution in [3.63, 3.8) is 0 Å². The Kier molecular flexibility index (Phi) is 5.85. The second kappa shape index (κ2) is 10.3. The lowest BCUT2D eigenvalue weighted by Gasteiger charge is -2.23. The fourth-order valence-electron chi connectivity index (χ4n) is 6.51. The molecule has 4 heteroatoms. The first-order valence-corrected chi connectivity index (χ1v) is 15.2. The molecule has 1 aliphatic rings. The number of rotatable bonds is 4. The molecule has 0 fully saturated rings. The maximum atomic E-state index is 6.37. The summed E-state index contributed by atoms with van der Waals surface area (Å²) >= 11 is 0. The average molecular weight is 578 g/mol. The van der Waals surface area contributed by atoms with Gasteiger partial charge in [0, 0.05) is 21.9 Å². The van der Waals surface area contributed by atoms with Crippen molar-refractivity contribution in [3.05, 3.63) is 168 Å². The summed E-state index contributed by atoms with van der Waals surface area (Å²) in [5.74, 6) is 1.56. The van der Waals surface area contributed by atoms with E-state index in [1.165, 1.54) is 27.1 Å². The van der Waals surface area contributed by atoms with Gasteiger partial charge in [0.15, 0.2) is 6.17 Å². The van der Waals surface area contributed by atoms with Gasteiger partial charge < -0.3 is 9.73 Å². The first-order valence-electron chi connectivity index (χ1n) is 15.2. The number of nitrogens with one attached hydrogen (secondary N) is 1. The van der Waals surface area contributed by atoms with Gasteiger partial charge in [-0.15, -0.1) is 0 Å². The molecular weight excluding hydrogens is 550 g/mol. The SMILES string of the molecule is c1ccc(C2=NC(c3ccc4c(ccc5ccccc54)c3)N=C(c3cccc4oc5ccc(-c6ccccc6)cc5c34)N2)cc1. The number of hydrogen-bond acceptors (Lipinski definition) is 4. The van der Waals surface area contributed by atoms with E-state index < -0.39 is 6.17 Å². The van der Waals surface area contributed by atoms with Crippen LogP contribution in [-0.2, 0) is 0 Å². The minimum atomic E-state index is -0.416. The maximum absolute atomic E-state index is 6.37.